The maximum Gasteiger partial charge on any atom is 0.347 e. The molecule has 0 atom stereocenters. The van der Waals surface area contributed by atoms with Crippen molar-refractivity contribution in [2.24, 2.45) is 0 Å². The van der Waals surface area contributed by atoms with E-state index in [1.165, 1.54) is 6.20 Å². The van der Waals surface area contributed by atoms with Crippen LogP contribution >= 0.6 is 0 Å². The number of carboxylic acid groups (broad SMARTS) is 1. The lowest BCUT2D eigenvalue weighted by atomic mass is 10.3. The lowest BCUT2D eigenvalue weighted by Crippen LogP contribution is -2.37. The summed E-state index contributed by atoms with van der Waals surface area (Å²) in [5, 5.41) is 20.1. The van der Waals surface area contributed by atoms with Crippen LogP contribution in [-0.4, -0.2) is 60.4 Å². The van der Waals surface area contributed by atoms with Gasteiger partial charge in [0.1, 0.15) is 6.07 Å². The number of rotatable bonds is 8. The Morgan fingerprint density at radius 3 is 2.92 bits per heavy atom. The van der Waals surface area contributed by atoms with Gasteiger partial charge in [0.25, 0.3) is 0 Å². The molecule has 1 fully saturated rings. The summed E-state index contributed by atoms with van der Waals surface area (Å²) in [6.45, 7) is 5.07. The highest BCUT2D eigenvalue weighted by Gasteiger charge is 2.09. The zero-order valence-electron chi connectivity index (χ0n) is 13.3. The zero-order valence-corrected chi connectivity index (χ0v) is 13.3. The topological polar surface area (TPSA) is 108 Å². The first-order chi connectivity index (χ1) is 11.7. The largest absolute Gasteiger partial charge is 0.478 e. The fraction of sp³-hybridized carbons (Fsp3) is 0.438. The number of aromatic nitrogens is 1. The maximum absolute atomic E-state index is 10.7. The van der Waals surface area contributed by atoms with E-state index in [4.69, 9.17) is 19.8 Å². The lowest BCUT2D eigenvalue weighted by molar-refractivity contribution is -0.132. The number of hydrogen-bond acceptors (Lipinski definition) is 7. The molecule has 8 nitrogen and oxygen atoms in total. The third-order valence-corrected chi connectivity index (χ3v) is 3.44. The Bertz CT molecular complexity index is 603. The van der Waals surface area contributed by atoms with Crippen LogP contribution in [0.15, 0.2) is 30.1 Å². The Labute approximate surface area is 140 Å². The summed E-state index contributed by atoms with van der Waals surface area (Å²) >= 11 is 0. The molecule has 0 bridgehead atoms. The smallest absolute Gasteiger partial charge is 0.347 e. The lowest BCUT2D eigenvalue weighted by Gasteiger charge is -2.26. The summed E-state index contributed by atoms with van der Waals surface area (Å²) in [5.41, 5.74) is 0.197. The van der Waals surface area contributed by atoms with E-state index in [-0.39, 0.29) is 5.57 Å². The number of anilines is 1. The molecule has 24 heavy (non-hydrogen) atoms. The zero-order chi connectivity index (χ0) is 17.2. The third kappa shape index (κ3) is 5.87. The third-order valence-electron chi connectivity index (χ3n) is 3.44. The molecule has 1 saturated heterocycles. The van der Waals surface area contributed by atoms with Crippen LogP contribution in [0.3, 0.4) is 0 Å². The summed E-state index contributed by atoms with van der Waals surface area (Å²) in [6.07, 6.45) is 3.56. The maximum atomic E-state index is 10.7. The van der Waals surface area contributed by atoms with E-state index < -0.39 is 5.97 Å². The molecule has 8 heteroatoms. The molecule has 128 valence electrons. The molecule has 1 aliphatic rings. The molecule has 0 aliphatic carbocycles. The van der Waals surface area contributed by atoms with Gasteiger partial charge in [-0.15, -0.1) is 0 Å². The van der Waals surface area contributed by atoms with Crippen LogP contribution in [-0.2, 0) is 9.53 Å². The SMILES string of the molecule is N#C/C(=C/Nc1ccc(OCCCN2CCOCC2)nc1)C(=O)O. The molecule has 1 aromatic heterocycles. The molecular formula is C16H20N4O4. The van der Waals surface area contributed by atoms with Crippen molar-refractivity contribution < 1.29 is 19.4 Å². The van der Waals surface area contributed by atoms with Gasteiger partial charge in [0.05, 0.1) is 31.7 Å². The number of carboxylic acids is 1. The number of hydrogen-bond donors (Lipinski definition) is 2. The first kappa shape index (κ1) is 17.7. The Morgan fingerprint density at radius 2 is 2.29 bits per heavy atom. The minimum atomic E-state index is -1.28. The fourth-order valence-electron chi connectivity index (χ4n) is 2.14. The Morgan fingerprint density at radius 1 is 1.50 bits per heavy atom. The molecule has 1 aromatic rings. The van der Waals surface area contributed by atoms with Crippen molar-refractivity contribution in [3.05, 3.63) is 30.1 Å². The van der Waals surface area contributed by atoms with Gasteiger partial charge in [-0.3, -0.25) is 4.90 Å². The van der Waals surface area contributed by atoms with Gasteiger partial charge in [0.15, 0.2) is 5.57 Å². The highest BCUT2D eigenvalue weighted by atomic mass is 16.5. The van der Waals surface area contributed by atoms with Crippen LogP contribution in [0.25, 0.3) is 0 Å². The summed E-state index contributed by atoms with van der Waals surface area (Å²) in [6, 6.07) is 4.98. The van der Waals surface area contributed by atoms with Crippen molar-refractivity contribution in [1.82, 2.24) is 9.88 Å². The van der Waals surface area contributed by atoms with E-state index >= 15 is 0 Å². The van der Waals surface area contributed by atoms with E-state index in [1.54, 1.807) is 18.2 Å². The second-order valence-electron chi connectivity index (χ2n) is 5.16. The number of nitriles is 1. The van der Waals surface area contributed by atoms with Crippen LogP contribution in [0.5, 0.6) is 5.88 Å². The van der Waals surface area contributed by atoms with Gasteiger partial charge in [0, 0.05) is 31.9 Å². The van der Waals surface area contributed by atoms with Crippen molar-refractivity contribution in [1.29, 1.82) is 5.26 Å². The Kier molecular flexibility index (Phi) is 7.01. The quantitative estimate of drug-likeness (QED) is 0.414. The van der Waals surface area contributed by atoms with Gasteiger partial charge in [-0.25, -0.2) is 9.78 Å². The summed E-state index contributed by atoms with van der Waals surface area (Å²) in [4.78, 5) is 17.2. The number of nitrogens with zero attached hydrogens (tertiary/aromatic N) is 3. The highest BCUT2D eigenvalue weighted by Crippen LogP contribution is 2.12. The highest BCUT2D eigenvalue weighted by molar-refractivity contribution is 5.91. The second-order valence-corrected chi connectivity index (χ2v) is 5.16. The van der Waals surface area contributed by atoms with Crippen molar-refractivity contribution >= 4 is 11.7 Å². The van der Waals surface area contributed by atoms with Crippen molar-refractivity contribution in [3.8, 4) is 11.9 Å². The van der Waals surface area contributed by atoms with E-state index in [9.17, 15) is 4.79 Å². The van der Waals surface area contributed by atoms with E-state index in [2.05, 4.69) is 15.2 Å². The van der Waals surface area contributed by atoms with Gasteiger partial charge in [-0.1, -0.05) is 0 Å². The minimum absolute atomic E-state index is 0.376. The number of morpholine rings is 1. The predicted octanol–water partition coefficient (Wildman–Crippen LogP) is 1.09. The average Bonchev–Trinajstić information content (AvgIpc) is 2.61. The summed E-state index contributed by atoms with van der Waals surface area (Å²) in [5.74, 6) is -0.775. The molecule has 2 heterocycles. The van der Waals surface area contributed by atoms with Crippen LogP contribution in [0.1, 0.15) is 6.42 Å². The first-order valence-corrected chi connectivity index (χ1v) is 7.68. The predicted molar refractivity (Wildman–Crippen MR) is 86.6 cm³/mol. The van der Waals surface area contributed by atoms with Gasteiger partial charge >= 0.3 is 5.97 Å². The number of ether oxygens (including phenoxy) is 2. The molecule has 0 saturated carbocycles. The minimum Gasteiger partial charge on any atom is -0.478 e. The molecule has 1 aliphatic heterocycles. The average molecular weight is 332 g/mol. The van der Waals surface area contributed by atoms with Gasteiger partial charge in [0.2, 0.25) is 5.88 Å². The van der Waals surface area contributed by atoms with Crippen LogP contribution in [0.2, 0.25) is 0 Å². The summed E-state index contributed by atoms with van der Waals surface area (Å²) < 4.78 is 10.9. The van der Waals surface area contributed by atoms with Gasteiger partial charge < -0.3 is 19.9 Å². The monoisotopic (exact) mass is 332 g/mol. The van der Waals surface area contributed by atoms with Gasteiger partial charge in [-0.05, 0) is 12.5 Å². The molecule has 0 amide bonds. The van der Waals surface area contributed by atoms with Crippen LogP contribution in [0.4, 0.5) is 5.69 Å². The molecule has 0 spiro atoms. The van der Waals surface area contributed by atoms with Crippen LogP contribution < -0.4 is 10.1 Å². The van der Waals surface area contributed by atoms with Crippen molar-refractivity contribution in [2.45, 2.75) is 6.42 Å². The van der Waals surface area contributed by atoms with E-state index in [0.29, 0.717) is 18.2 Å². The van der Waals surface area contributed by atoms with E-state index in [1.807, 2.05) is 0 Å². The van der Waals surface area contributed by atoms with E-state index in [0.717, 1.165) is 45.5 Å². The standard InChI is InChI=1S/C16H20N4O4/c17-10-13(16(21)22)11-18-14-2-3-15(19-12-14)24-7-1-4-20-5-8-23-9-6-20/h2-3,11-12,18H,1,4-9H2,(H,21,22)/b13-11-. The van der Waals surface area contributed by atoms with Gasteiger partial charge in [-0.2, -0.15) is 5.26 Å². The first-order valence-electron chi connectivity index (χ1n) is 7.68. The molecule has 0 radical (unpaired) electrons. The molecule has 2 N–H and O–H groups in total. The Hall–Kier alpha value is -2.63. The summed E-state index contributed by atoms with van der Waals surface area (Å²) in [7, 11) is 0. The van der Waals surface area contributed by atoms with Crippen molar-refractivity contribution in [2.75, 3.05) is 44.8 Å². The fourth-order valence-corrected chi connectivity index (χ4v) is 2.14. The molecule has 2 rings (SSSR count). The number of pyridine rings is 1. The van der Waals surface area contributed by atoms with Crippen LogP contribution in [0, 0.1) is 11.3 Å². The number of nitrogens with one attached hydrogen (secondary N) is 1. The second kappa shape index (κ2) is 9.50. The number of carbonyl (C=O) groups is 1. The normalized spacial score (nSPS) is 15.5. The molecule has 0 aromatic carbocycles. The molecule has 0 unspecified atom stereocenters. The number of aliphatic carboxylic acids is 1. The molecular weight excluding hydrogens is 312 g/mol. The Balaban J connectivity index is 1.71. The van der Waals surface area contributed by atoms with Crippen molar-refractivity contribution in [3.63, 3.8) is 0 Å².